The number of ether oxygens (including phenoxy) is 2. The minimum atomic E-state index is -0.433. The van der Waals surface area contributed by atoms with Gasteiger partial charge in [0.25, 0.3) is 0 Å². The van der Waals surface area contributed by atoms with Gasteiger partial charge in [0.1, 0.15) is 5.60 Å². The minimum Gasteiger partial charge on any atom is -0.444 e. The Labute approximate surface area is 103 Å². The van der Waals surface area contributed by atoms with Crippen molar-refractivity contribution in [3.8, 4) is 0 Å². The smallest absolute Gasteiger partial charge is 0.410 e. The molecule has 4 heteroatoms. The number of amides is 1. The van der Waals surface area contributed by atoms with Gasteiger partial charge >= 0.3 is 6.09 Å². The van der Waals surface area contributed by atoms with Crippen LogP contribution in [-0.2, 0) is 9.47 Å². The Hall–Kier alpha value is -0.770. The van der Waals surface area contributed by atoms with E-state index in [1.54, 1.807) is 4.90 Å². The van der Waals surface area contributed by atoms with Crippen molar-refractivity contribution in [1.29, 1.82) is 0 Å². The summed E-state index contributed by atoms with van der Waals surface area (Å²) in [5.74, 6) is 0. The lowest BCUT2D eigenvalue weighted by molar-refractivity contribution is -0.0127. The van der Waals surface area contributed by atoms with E-state index in [1.165, 1.54) is 0 Å². The van der Waals surface area contributed by atoms with E-state index in [9.17, 15) is 4.79 Å². The molecule has 2 aliphatic rings. The lowest BCUT2D eigenvalue weighted by Crippen LogP contribution is -2.48. The fraction of sp³-hybridized carbons (Fsp3) is 0.923. The molecule has 2 rings (SSSR count). The molecule has 1 aliphatic carbocycles. The zero-order valence-electron chi connectivity index (χ0n) is 11.3. The van der Waals surface area contributed by atoms with Crippen molar-refractivity contribution in [2.75, 3.05) is 13.7 Å². The molecular weight excluding hydrogens is 218 g/mol. The second-order valence-electron chi connectivity index (χ2n) is 6.14. The second-order valence-corrected chi connectivity index (χ2v) is 6.14. The van der Waals surface area contributed by atoms with E-state index in [0.29, 0.717) is 0 Å². The molecule has 17 heavy (non-hydrogen) atoms. The van der Waals surface area contributed by atoms with Crippen molar-refractivity contribution in [1.82, 2.24) is 4.90 Å². The summed E-state index contributed by atoms with van der Waals surface area (Å²) in [7, 11) is 1.84. The monoisotopic (exact) mass is 241 g/mol. The average molecular weight is 241 g/mol. The van der Waals surface area contributed by atoms with Gasteiger partial charge in [-0.1, -0.05) is 0 Å². The largest absolute Gasteiger partial charge is 0.444 e. The van der Waals surface area contributed by atoms with Gasteiger partial charge in [-0.15, -0.1) is 0 Å². The second kappa shape index (κ2) is 4.16. The normalized spacial score (nSPS) is 26.7. The highest BCUT2D eigenvalue weighted by Gasteiger charge is 2.56. The molecular formula is C13H23NO3. The van der Waals surface area contributed by atoms with Crippen molar-refractivity contribution in [2.24, 2.45) is 0 Å². The molecule has 98 valence electrons. The third-order valence-corrected chi connectivity index (χ3v) is 3.63. The molecule has 0 aromatic heterocycles. The van der Waals surface area contributed by atoms with Crippen molar-refractivity contribution < 1.29 is 14.3 Å². The summed E-state index contributed by atoms with van der Waals surface area (Å²) < 4.78 is 11.1. The molecule has 1 atom stereocenters. The van der Waals surface area contributed by atoms with Crippen LogP contribution in [-0.4, -0.2) is 41.9 Å². The summed E-state index contributed by atoms with van der Waals surface area (Å²) >= 11 is 0. The van der Waals surface area contributed by atoms with Gasteiger partial charge in [-0.05, 0) is 46.5 Å². The van der Waals surface area contributed by atoms with E-state index in [-0.39, 0.29) is 17.7 Å². The Balaban J connectivity index is 1.99. The molecule has 0 bridgehead atoms. The number of rotatable bonds is 2. The lowest BCUT2D eigenvalue weighted by Gasteiger charge is -2.34. The van der Waals surface area contributed by atoms with Gasteiger partial charge in [-0.2, -0.15) is 0 Å². The Morgan fingerprint density at radius 3 is 2.47 bits per heavy atom. The maximum Gasteiger partial charge on any atom is 0.410 e. The first kappa shape index (κ1) is 12.7. The van der Waals surface area contributed by atoms with Crippen LogP contribution in [0.25, 0.3) is 0 Å². The van der Waals surface area contributed by atoms with Crippen LogP contribution in [0.5, 0.6) is 0 Å². The third kappa shape index (κ3) is 2.57. The van der Waals surface area contributed by atoms with Crippen LogP contribution < -0.4 is 0 Å². The highest BCUT2D eigenvalue weighted by atomic mass is 16.6. The zero-order chi connectivity index (χ0) is 12.7. The summed E-state index contributed by atoms with van der Waals surface area (Å²) in [4.78, 5) is 13.8. The number of hydrogen-bond acceptors (Lipinski definition) is 3. The molecule has 1 aliphatic heterocycles. The Morgan fingerprint density at radius 1 is 1.41 bits per heavy atom. The van der Waals surface area contributed by atoms with Crippen molar-refractivity contribution in [3.05, 3.63) is 0 Å². The van der Waals surface area contributed by atoms with Crippen LogP contribution in [0.3, 0.4) is 0 Å². The number of likely N-dealkylation sites (N-methyl/N-ethyl adjacent to an activating group) is 1. The minimum absolute atomic E-state index is 0.0845. The molecule has 1 heterocycles. The molecule has 0 radical (unpaired) electrons. The van der Waals surface area contributed by atoms with Crippen molar-refractivity contribution >= 4 is 6.09 Å². The molecule has 1 saturated carbocycles. The first-order valence-corrected chi connectivity index (χ1v) is 6.44. The molecule has 1 unspecified atom stereocenters. The Morgan fingerprint density at radius 2 is 2.06 bits per heavy atom. The predicted molar refractivity (Wildman–Crippen MR) is 64.9 cm³/mol. The fourth-order valence-electron chi connectivity index (χ4n) is 2.52. The van der Waals surface area contributed by atoms with Crippen LogP contribution in [0.15, 0.2) is 0 Å². The number of hydrogen-bond donors (Lipinski definition) is 0. The summed E-state index contributed by atoms with van der Waals surface area (Å²) in [6, 6.07) is 0. The topological polar surface area (TPSA) is 38.8 Å². The lowest BCUT2D eigenvalue weighted by atomic mass is 10.1. The van der Waals surface area contributed by atoms with Gasteiger partial charge in [-0.3, -0.25) is 0 Å². The third-order valence-electron chi connectivity index (χ3n) is 3.63. The SMILES string of the molecule is CN(C(=O)OC(C)(C)C)C1(C2CCCO2)CC1. The van der Waals surface area contributed by atoms with Crippen LogP contribution in [0.4, 0.5) is 4.79 Å². The van der Waals surface area contributed by atoms with E-state index in [1.807, 2.05) is 27.8 Å². The van der Waals surface area contributed by atoms with Crippen molar-refractivity contribution in [2.45, 2.75) is 63.7 Å². The van der Waals surface area contributed by atoms with E-state index < -0.39 is 5.60 Å². The summed E-state index contributed by atoms with van der Waals surface area (Å²) in [6.07, 6.45) is 4.22. The van der Waals surface area contributed by atoms with Crippen LogP contribution >= 0.6 is 0 Å². The molecule has 1 amide bonds. The number of nitrogens with zero attached hydrogens (tertiary/aromatic N) is 1. The molecule has 0 spiro atoms. The number of carbonyl (C=O) groups excluding carboxylic acids is 1. The first-order chi connectivity index (χ1) is 7.85. The molecule has 4 nitrogen and oxygen atoms in total. The van der Waals surface area contributed by atoms with Gasteiger partial charge < -0.3 is 14.4 Å². The van der Waals surface area contributed by atoms with Crippen LogP contribution in [0.2, 0.25) is 0 Å². The molecule has 0 aromatic carbocycles. The average Bonchev–Trinajstić information content (AvgIpc) is 2.82. The van der Waals surface area contributed by atoms with Gasteiger partial charge in [-0.25, -0.2) is 4.79 Å². The highest BCUT2D eigenvalue weighted by molar-refractivity contribution is 5.69. The van der Waals surface area contributed by atoms with E-state index >= 15 is 0 Å². The fourth-order valence-corrected chi connectivity index (χ4v) is 2.52. The maximum atomic E-state index is 12.1. The van der Waals surface area contributed by atoms with Gasteiger partial charge in [0.05, 0.1) is 11.6 Å². The predicted octanol–water partition coefficient (Wildman–Crippen LogP) is 2.56. The maximum absolute atomic E-state index is 12.1. The van der Waals surface area contributed by atoms with E-state index in [2.05, 4.69) is 0 Å². The molecule has 0 aromatic rings. The summed E-state index contributed by atoms with van der Waals surface area (Å²) in [6.45, 7) is 6.51. The quantitative estimate of drug-likeness (QED) is 0.746. The Kier molecular flexibility index (Phi) is 3.10. The molecule has 2 fully saturated rings. The molecule has 0 N–H and O–H groups in total. The molecule has 1 saturated heterocycles. The van der Waals surface area contributed by atoms with E-state index in [4.69, 9.17) is 9.47 Å². The van der Waals surface area contributed by atoms with Crippen molar-refractivity contribution in [3.63, 3.8) is 0 Å². The van der Waals surface area contributed by atoms with Gasteiger partial charge in [0, 0.05) is 13.7 Å². The summed E-state index contributed by atoms with van der Waals surface area (Å²) in [5, 5.41) is 0. The van der Waals surface area contributed by atoms with Gasteiger partial charge in [0.2, 0.25) is 0 Å². The van der Waals surface area contributed by atoms with Gasteiger partial charge in [0.15, 0.2) is 0 Å². The Bertz CT molecular complexity index is 298. The van der Waals surface area contributed by atoms with E-state index in [0.717, 1.165) is 32.3 Å². The van der Waals surface area contributed by atoms with Crippen LogP contribution in [0, 0.1) is 0 Å². The number of carbonyl (C=O) groups is 1. The summed E-state index contributed by atoms with van der Waals surface area (Å²) in [5.41, 5.74) is -0.517. The zero-order valence-corrected chi connectivity index (χ0v) is 11.3. The first-order valence-electron chi connectivity index (χ1n) is 6.44. The van der Waals surface area contributed by atoms with Crippen LogP contribution in [0.1, 0.15) is 46.5 Å². The highest BCUT2D eigenvalue weighted by Crippen LogP contribution is 2.48. The standard InChI is InChI=1S/C13H23NO3/c1-12(2,3)17-11(15)14(4)13(7-8-13)10-6-5-9-16-10/h10H,5-9H2,1-4H3.